The third-order valence-corrected chi connectivity index (χ3v) is 3.29. The van der Waals surface area contributed by atoms with Gasteiger partial charge in [0.2, 0.25) is 0 Å². The summed E-state index contributed by atoms with van der Waals surface area (Å²) >= 11 is 0. The van der Waals surface area contributed by atoms with Gasteiger partial charge in [-0.15, -0.1) is 0 Å². The highest BCUT2D eigenvalue weighted by atomic mass is 16.2. The molecule has 2 amide bonds. The molecule has 4 nitrogen and oxygen atoms in total. The number of imide groups is 1. The van der Waals surface area contributed by atoms with Crippen LogP contribution < -0.4 is 5.32 Å². The Hall–Kier alpha value is -1.84. The van der Waals surface area contributed by atoms with Gasteiger partial charge in [-0.25, -0.2) is 0 Å². The Balaban J connectivity index is 2.11. The third-order valence-electron chi connectivity index (χ3n) is 3.29. The quantitative estimate of drug-likeness (QED) is 0.850. The fraction of sp³-hybridized carbons (Fsp3) is 0.467. The Bertz CT molecular complexity index is 529. The molecule has 0 unspecified atom stereocenters. The van der Waals surface area contributed by atoms with Gasteiger partial charge in [-0.3, -0.25) is 14.5 Å². The SMILES string of the molecule is CN1C(=O)c2ccc(NCCC(C)(C)C)cc2C1=O. The number of hydrogen-bond acceptors (Lipinski definition) is 3. The molecule has 0 aromatic heterocycles. The van der Waals surface area contributed by atoms with E-state index >= 15 is 0 Å². The maximum Gasteiger partial charge on any atom is 0.261 e. The van der Waals surface area contributed by atoms with Crippen LogP contribution in [0.3, 0.4) is 0 Å². The Morgan fingerprint density at radius 1 is 1.11 bits per heavy atom. The van der Waals surface area contributed by atoms with Gasteiger partial charge in [0.25, 0.3) is 11.8 Å². The predicted octanol–water partition coefficient (Wildman–Crippen LogP) is 2.76. The minimum absolute atomic E-state index is 0.221. The van der Waals surface area contributed by atoms with Gasteiger partial charge < -0.3 is 5.32 Å². The molecule has 1 aromatic rings. The Morgan fingerprint density at radius 2 is 1.74 bits per heavy atom. The van der Waals surface area contributed by atoms with Crippen molar-refractivity contribution in [3.63, 3.8) is 0 Å². The summed E-state index contributed by atoms with van der Waals surface area (Å²) in [6, 6.07) is 5.34. The van der Waals surface area contributed by atoms with E-state index in [1.165, 1.54) is 7.05 Å². The molecule has 0 aliphatic carbocycles. The summed E-state index contributed by atoms with van der Waals surface area (Å²) in [5.74, 6) is -0.444. The number of hydrogen-bond donors (Lipinski definition) is 1. The molecule has 19 heavy (non-hydrogen) atoms. The summed E-state index contributed by atoms with van der Waals surface area (Å²) in [4.78, 5) is 24.8. The van der Waals surface area contributed by atoms with Gasteiger partial charge in [0.05, 0.1) is 11.1 Å². The number of nitrogens with zero attached hydrogens (tertiary/aromatic N) is 1. The van der Waals surface area contributed by atoms with Crippen molar-refractivity contribution in [2.75, 3.05) is 18.9 Å². The first-order valence-corrected chi connectivity index (χ1v) is 6.50. The van der Waals surface area contributed by atoms with E-state index in [2.05, 4.69) is 26.1 Å². The molecule has 1 aromatic carbocycles. The lowest BCUT2D eigenvalue weighted by Crippen LogP contribution is -2.24. The molecular weight excluding hydrogens is 240 g/mol. The van der Waals surface area contributed by atoms with E-state index in [0.29, 0.717) is 11.1 Å². The maximum absolute atomic E-state index is 11.9. The summed E-state index contributed by atoms with van der Waals surface area (Å²) in [6.07, 6.45) is 1.04. The molecule has 0 radical (unpaired) electrons. The topological polar surface area (TPSA) is 49.4 Å². The highest BCUT2D eigenvalue weighted by Gasteiger charge is 2.32. The average Bonchev–Trinajstić information content (AvgIpc) is 2.53. The van der Waals surface area contributed by atoms with E-state index in [9.17, 15) is 9.59 Å². The van der Waals surface area contributed by atoms with Crippen molar-refractivity contribution in [2.24, 2.45) is 5.41 Å². The summed E-state index contributed by atoms with van der Waals surface area (Å²) in [7, 11) is 1.51. The molecule has 1 N–H and O–H groups in total. The van der Waals surface area contributed by atoms with Crippen LogP contribution >= 0.6 is 0 Å². The molecule has 0 saturated heterocycles. The number of rotatable bonds is 3. The van der Waals surface area contributed by atoms with Crippen LogP contribution in [0.5, 0.6) is 0 Å². The van der Waals surface area contributed by atoms with Crippen LogP contribution in [0, 0.1) is 5.41 Å². The number of benzene rings is 1. The zero-order chi connectivity index (χ0) is 14.2. The van der Waals surface area contributed by atoms with E-state index in [1.807, 2.05) is 6.07 Å². The van der Waals surface area contributed by atoms with E-state index in [0.717, 1.165) is 23.6 Å². The van der Waals surface area contributed by atoms with Crippen LogP contribution in [0.2, 0.25) is 0 Å². The van der Waals surface area contributed by atoms with Gasteiger partial charge in [-0.2, -0.15) is 0 Å². The molecule has 0 spiro atoms. The van der Waals surface area contributed by atoms with Crippen LogP contribution in [0.15, 0.2) is 18.2 Å². The lowest BCUT2D eigenvalue weighted by molar-refractivity contribution is 0.0693. The van der Waals surface area contributed by atoms with Crippen molar-refractivity contribution in [2.45, 2.75) is 27.2 Å². The monoisotopic (exact) mass is 260 g/mol. The standard InChI is InChI=1S/C15H20N2O2/c1-15(2,3)7-8-16-10-5-6-11-12(9-10)14(19)17(4)13(11)18/h5-6,9,16H,7-8H2,1-4H3. The van der Waals surface area contributed by atoms with Gasteiger partial charge in [0.15, 0.2) is 0 Å². The Morgan fingerprint density at radius 3 is 2.37 bits per heavy atom. The number of anilines is 1. The van der Waals surface area contributed by atoms with Crippen LogP contribution in [0.25, 0.3) is 0 Å². The second-order valence-corrected chi connectivity index (χ2v) is 6.17. The first kappa shape index (κ1) is 13.6. The first-order chi connectivity index (χ1) is 8.79. The fourth-order valence-corrected chi connectivity index (χ4v) is 2.05. The summed E-state index contributed by atoms with van der Waals surface area (Å²) in [5, 5.41) is 3.30. The highest BCUT2D eigenvalue weighted by Crippen LogP contribution is 2.25. The van der Waals surface area contributed by atoms with E-state index < -0.39 is 0 Å². The third kappa shape index (κ3) is 2.78. The number of carbonyl (C=O) groups excluding carboxylic acids is 2. The van der Waals surface area contributed by atoms with Gasteiger partial charge >= 0.3 is 0 Å². The maximum atomic E-state index is 11.9. The minimum atomic E-state index is -0.223. The highest BCUT2D eigenvalue weighted by molar-refractivity contribution is 6.21. The van der Waals surface area contributed by atoms with E-state index in [4.69, 9.17) is 0 Å². The predicted molar refractivity (Wildman–Crippen MR) is 75.4 cm³/mol. The normalized spacial score (nSPS) is 14.8. The summed E-state index contributed by atoms with van der Waals surface area (Å²) in [6.45, 7) is 7.41. The first-order valence-electron chi connectivity index (χ1n) is 6.50. The molecule has 102 valence electrons. The molecular formula is C15H20N2O2. The molecule has 2 rings (SSSR count). The number of fused-ring (bicyclic) bond motifs is 1. The van der Waals surface area contributed by atoms with Crippen LogP contribution in [-0.4, -0.2) is 30.3 Å². The second kappa shape index (κ2) is 4.68. The van der Waals surface area contributed by atoms with Crippen molar-refractivity contribution in [1.29, 1.82) is 0 Å². The van der Waals surface area contributed by atoms with Crippen molar-refractivity contribution in [3.8, 4) is 0 Å². The smallest absolute Gasteiger partial charge is 0.261 e. The lowest BCUT2D eigenvalue weighted by atomic mass is 9.92. The molecule has 0 bridgehead atoms. The van der Waals surface area contributed by atoms with Gasteiger partial charge in [0, 0.05) is 19.3 Å². The summed E-state index contributed by atoms with van der Waals surface area (Å²) < 4.78 is 0. The molecule has 0 atom stereocenters. The van der Waals surface area contributed by atoms with Crippen molar-refractivity contribution >= 4 is 17.5 Å². The average molecular weight is 260 g/mol. The molecule has 1 aliphatic rings. The van der Waals surface area contributed by atoms with Crippen LogP contribution in [-0.2, 0) is 0 Å². The minimum Gasteiger partial charge on any atom is -0.385 e. The van der Waals surface area contributed by atoms with Gasteiger partial charge in [-0.1, -0.05) is 20.8 Å². The zero-order valence-corrected chi connectivity index (χ0v) is 11.9. The van der Waals surface area contributed by atoms with E-state index in [-0.39, 0.29) is 17.2 Å². The van der Waals surface area contributed by atoms with Crippen LogP contribution in [0.4, 0.5) is 5.69 Å². The van der Waals surface area contributed by atoms with Crippen molar-refractivity contribution in [1.82, 2.24) is 4.90 Å². The zero-order valence-electron chi connectivity index (χ0n) is 11.9. The van der Waals surface area contributed by atoms with Crippen molar-refractivity contribution < 1.29 is 9.59 Å². The largest absolute Gasteiger partial charge is 0.385 e. The molecule has 1 aliphatic heterocycles. The Kier molecular flexibility index (Phi) is 3.35. The van der Waals surface area contributed by atoms with Crippen molar-refractivity contribution in [3.05, 3.63) is 29.3 Å². The van der Waals surface area contributed by atoms with E-state index in [1.54, 1.807) is 12.1 Å². The number of amides is 2. The molecule has 1 heterocycles. The molecule has 0 saturated carbocycles. The van der Waals surface area contributed by atoms with Gasteiger partial charge in [-0.05, 0) is 30.0 Å². The fourth-order valence-electron chi connectivity index (χ4n) is 2.05. The second-order valence-electron chi connectivity index (χ2n) is 6.17. The van der Waals surface area contributed by atoms with Gasteiger partial charge in [0.1, 0.15) is 0 Å². The molecule has 4 heteroatoms. The van der Waals surface area contributed by atoms with Crippen LogP contribution in [0.1, 0.15) is 47.9 Å². The lowest BCUT2D eigenvalue weighted by Gasteiger charge is -2.18. The molecule has 0 fully saturated rings. The number of carbonyl (C=O) groups is 2. The Labute approximate surface area is 113 Å². The summed E-state index contributed by atoms with van der Waals surface area (Å²) in [5.41, 5.74) is 2.15. The number of nitrogens with one attached hydrogen (secondary N) is 1.